The second-order valence-electron chi connectivity index (χ2n) is 4.89. The Morgan fingerprint density at radius 1 is 1.35 bits per heavy atom. The number of hydrogen-bond acceptors (Lipinski definition) is 2. The minimum atomic E-state index is -0.774. The summed E-state index contributed by atoms with van der Waals surface area (Å²) in [7, 11) is 0. The van der Waals surface area contributed by atoms with Crippen molar-refractivity contribution in [2.75, 3.05) is 13.1 Å². The van der Waals surface area contributed by atoms with Gasteiger partial charge in [0.15, 0.2) is 0 Å². The van der Waals surface area contributed by atoms with Gasteiger partial charge in [0.2, 0.25) is 0 Å². The molecule has 6 heteroatoms. The molecule has 1 aliphatic rings. The van der Waals surface area contributed by atoms with Crippen molar-refractivity contribution < 1.29 is 14.7 Å². The third-order valence-electron chi connectivity index (χ3n) is 3.46. The van der Waals surface area contributed by atoms with Gasteiger partial charge in [-0.25, -0.2) is 4.79 Å². The highest BCUT2D eigenvalue weighted by atomic mass is 35.5. The fraction of sp³-hybridized carbons (Fsp3) is 0.429. The van der Waals surface area contributed by atoms with Gasteiger partial charge in [-0.3, -0.25) is 4.79 Å². The molecule has 1 aromatic carbocycles. The number of benzene rings is 1. The second-order valence-corrected chi connectivity index (χ2v) is 5.32. The summed E-state index contributed by atoms with van der Waals surface area (Å²) in [5.74, 6) is -1.10. The summed E-state index contributed by atoms with van der Waals surface area (Å²) >= 11 is 5.88. The molecule has 0 saturated carbocycles. The van der Waals surface area contributed by atoms with E-state index < -0.39 is 5.97 Å². The van der Waals surface area contributed by atoms with Crippen LogP contribution in [0.2, 0.25) is 5.02 Å². The Morgan fingerprint density at radius 2 is 2.05 bits per heavy atom. The van der Waals surface area contributed by atoms with Gasteiger partial charge in [0.1, 0.15) is 0 Å². The molecule has 1 aliphatic heterocycles. The van der Waals surface area contributed by atoms with Crippen LogP contribution in [0.1, 0.15) is 18.4 Å². The molecule has 1 saturated heterocycles. The first-order chi connectivity index (χ1) is 9.56. The van der Waals surface area contributed by atoms with E-state index in [2.05, 4.69) is 5.32 Å². The van der Waals surface area contributed by atoms with Crippen LogP contribution in [0.5, 0.6) is 0 Å². The van der Waals surface area contributed by atoms with E-state index in [0.717, 1.165) is 5.56 Å². The SMILES string of the molecule is O=C(O)C1CCN(C(=O)NCc2cccc(Cl)c2)CC1. The molecule has 20 heavy (non-hydrogen) atoms. The number of carboxylic acid groups (broad SMARTS) is 1. The first-order valence-corrected chi connectivity index (χ1v) is 6.94. The smallest absolute Gasteiger partial charge is 0.317 e. The molecular formula is C14H17ClN2O3. The molecule has 2 amide bonds. The van der Waals surface area contributed by atoms with Crippen molar-refractivity contribution >= 4 is 23.6 Å². The molecule has 1 aromatic rings. The molecule has 0 bridgehead atoms. The Bertz CT molecular complexity index is 499. The van der Waals surface area contributed by atoms with Gasteiger partial charge >= 0.3 is 12.0 Å². The van der Waals surface area contributed by atoms with Crippen LogP contribution in [-0.2, 0) is 11.3 Å². The van der Waals surface area contributed by atoms with E-state index in [1.807, 2.05) is 12.1 Å². The number of nitrogens with zero attached hydrogens (tertiary/aromatic N) is 1. The van der Waals surface area contributed by atoms with Crippen LogP contribution in [-0.4, -0.2) is 35.1 Å². The summed E-state index contributed by atoms with van der Waals surface area (Å²) in [5, 5.41) is 12.4. The van der Waals surface area contributed by atoms with Crippen LogP contribution in [0, 0.1) is 5.92 Å². The number of urea groups is 1. The van der Waals surface area contributed by atoms with E-state index in [1.54, 1.807) is 17.0 Å². The van der Waals surface area contributed by atoms with Crippen LogP contribution in [0.15, 0.2) is 24.3 Å². The van der Waals surface area contributed by atoms with E-state index >= 15 is 0 Å². The predicted molar refractivity (Wildman–Crippen MR) is 75.6 cm³/mol. The minimum Gasteiger partial charge on any atom is -0.481 e. The van der Waals surface area contributed by atoms with E-state index in [9.17, 15) is 9.59 Å². The van der Waals surface area contributed by atoms with Gasteiger partial charge in [-0.05, 0) is 30.5 Å². The molecule has 0 atom stereocenters. The van der Waals surface area contributed by atoms with Gasteiger partial charge in [-0.2, -0.15) is 0 Å². The molecule has 0 aromatic heterocycles. The molecule has 2 rings (SSSR count). The number of rotatable bonds is 3. The fourth-order valence-electron chi connectivity index (χ4n) is 2.27. The van der Waals surface area contributed by atoms with Crippen molar-refractivity contribution in [3.8, 4) is 0 Å². The second kappa shape index (κ2) is 6.61. The largest absolute Gasteiger partial charge is 0.481 e. The quantitative estimate of drug-likeness (QED) is 0.899. The zero-order chi connectivity index (χ0) is 14.5. The summed E-state index contributed by atoms with van der Waals surface area (Å²) in [6.07, 6.45) is 1.03. The number of piperidine rings is 1. The molecule has 1 heterocycles. The summed E-state index contributed by atoms with van der Waals surface area (Å²) in [4.78, 5) is 24.5. The molecule has 0 spiro atoms. The lowest BCUT2D eigenvalue weighted by Gasteiger charge is -2.30. The Hall–Kier alpha value is -1.75. The first kappa shape index (κ1) is 14.7. The van der Waals surface area contributed by atoms with Crippen LogP contribution in [0.3, 0.4) is 0 Å². The normalized spacial score (nSPS) is 15.9. The lowest BCUT2D eigenvalue weighted by molar-refractivity contribution is -0.143. The topological polar surface area (TPSA) is 69.6 Å². The summed E-state index contributed by atoms with van der Waals surface area (Å²) < 4.78 is 0. The minimum absolute atomic E-state index is 0.159. The highest BCUT2D eigenvalue weighted by molar-refractivity contribution is 6.30. The number of hydrogen-bond donors (Lipinski definition) is 2. The van der Waals surface area contributed by atoms with Crippen LogP contribution in [0.25, 0.3) is 0 Å². The van der Waals surface area contributed by atoms with E-state index in [4.69, 9.17) is 16.7 Å². The maximum absolute atomic E-state index is 12.0. The van der Waals surface area contributed by atoms with Crippen molar-refractivity contribution in [1.29, 1.82) is 0 Å². The highest BCUT2D eigenvalue weighted by Gasteiger charge is 2.26. The summed E-state index contributed by atoms with van der Waals surface area (Å²) in [6, 6.07) is 7.15. The average Bonchev–Trinajstić information content (AvgIpc) is 2.45. The number of carbonyl (C=O) groups is 2. The summed E-state index contributed by atoms with van der Waals surface area (Å²) in [5.41, 5.74) is 0.936. The lowest BCUT2D eigenvalue weighted by Crippen LogP contribution is -2.45. The van der Waals surface area contributed by atoms with Gasteiger partial charge in [0, 0.05) is 24.7 Å². The van der Waals surface area contributed by atoms with Crippen molar-refractivity contribution in [1.82, 2.24) is 10.2 Å². The number of nitrogens with one attached hydrogen (secondary N) is 1. The van der Waals surface area contributed by atoms with Crippen molar-refractivity contribution in [2.45, 2.75) is 19.4 Å². The molecule has 2 N–H and O–H groups in total. The standard InChI is InChI=1S/C14H17ClN2O3/c15-12-3-1-2-10(8-12)9-16-14(20)17-6-4-11(5-7-17)13(18)19/h1-3,8,11H,4-7,9H2,(H,16,20)(H,18,19). The first-order valence-electron chi connectivity index (χ1n) is 6.56. The van der Waals surface area contributed by atoms with E-state index in [0.29, 0.717) is 37.5 Å². The highest BCUT2D eigenvalue weighted by Crippen LogP contribution is 2.17. The lowest BCUT2D eigenvalue weighted by atomic mass is 9.97. The van der Waals surface area contributed by atoms with Crippen molar-refractivity contribution in [3.63, 3.8) is 0 Å². The summed E-state index contributed by atoms with van der Waals surface area (Å²) in [6.45, 7) is 1.38. The predicted octanol–water partition coefficient (Wildman–Crippen LogP) is 2.35. The fourth-order valence-corrected chi connectivity index (χ4v) is 2.48. The van der Waals surface area contributed by atoms with Crippen LogP contribution < -0.4 is 5.32 Å². The Balaban J connectivity index is 1.80. The van der Waals surface area contributed by atoms with Crippen molar-refractivity contribution in [2.24, 2.45) is 5.92 Å². The maximum atomic E-state index is 12.0. The van der Waals surface area contributed by atoms with Gasteiger partial charge in [0.25, 0.3) is 0 Å². The zero-order valence-corrected chi connectivity index (χ0v) is 11.8. The van der Waals surface area contributed by atoms with E-state index in [1.165, 1.54) is 0 Å². The van der Waals surface area contributed by atoms with E-state index in [-0.39, 0.29) is 11.9 Å². The molecule has 1 fully saturated rings. The van der Waals surface area contributed by atoms with Crippen LogP contribution >= 0.6 is 11.6 Å². The molecule has 0 radical (unpaired) electrons. The number of amides is 2. The zero-order valence-electron chi connectivity index (χ0n) is 11.0. The molecule has 0 aliphatic carbocycles. The Labute approximate surface area is 122 Å². The van der Waals surface area contributed by atoms with Crippen LogP contribution in [0.4, 0.5) is 4.79 Å². The number of halogens is 1. The number of carbonyl (C=O) groups excluding carboxylic acids is 1. The molecule has 108 valence electrons. The Kier molecular flexibility index (Phi) is 4.84. The van der Waals surface area contributed by atoms with Gasteiger partial charge in [-0.15, -0.1) is 0 Å². The maximum Gasteiger partial charge on any atom is 0.317 e. The monoisotopic (exact) mass is 296 g/mol. The van der Waals surface area contributed by atoms with Crippen molar-refractivity contribution in [3.05, 3.63) is 34.9 Å². The number of likely N-dealkylation sites (tertiary alicyclic amines) is 1. The molecular weight excluding hydrogens is 280 g/mol. The molecule has 5 nitrogen and oxygen atoms in total. The Morgan fingerprint density at radius 3 is 2.65 bits per heavy atom. The average molecular weight is 297 g/mol. The van der Waals surface area contributed by atoms with Gasteiger partial charge in [-0.1, -0.05) is 23.7 Å². The van der Waals surface area contributed by atoms with Gasteiger partial charge < -0.3 is 15.3 Å². The number of carboxylic acids is 1. The third kappa shape index (κ3) is 3.87. The number of aliphatic carboxylic acids is 1. The molecule has 0 unspecified atom stereocenters. The third-order valence-corrected chi connectivity index (χ3v) is 3.70. The van der Waals surface area contributed by atoms with Gasteiger partial charge in [0.05, 0.1) is 5.92 Å².